The topological polar surface area (TPSA) is 82.6 Å². The molecular weight excluding hydrogens is 452 g/mol. The number of hydrogen-bond acceptors (Lipinski definition) is 5. The molecule has 2 aliphatic heterocycles. The second-order valence-corrected chi connectivity index (χ2v) is 10.0. The summed E-state index contributed by atoms with van der Waals surface area (Å²) in [5.41, 5.74) is 8.84. The van der Waals surface area contributed by atoms with Crippen molar-refractivity contribution in [3.8, 4) is 17.0 Å². The Morgan fingerprint density at radius 1 is 1.06 bits per heavy atom. The SMILES string of the molecule is CN1CCCC1COc1ccc2cc(-c3nn([C@@H]4CCCCO4)c4ccc(C(N)=O)cc34)ccc2c1. The summed E-state index contributed by atoms with van der Waals surface area (Å²) in [5.74, 6) is 0.449. The zero-order valence-electron chi connectivity index (χ0n) is 20.7. The lowest BCUT2D eigenvalue weighted by Crippen LogP contribution is -2.30. The Hall–Kier alpha value is -3.42. The van der Waals surface area contributed by atoms with Gasteiger partial charge in [0.15, 0.2) is 6.23 Å². The van der Waals surface area contributed by atoms with Crippen LogP contribution in [0.15, 0.2) is 54.6 Å². The van der Waals surface area contributed by atoms with Gasteiger partial charge in [-0.1, -0.05) is 18.2 Å². The van der Waals surface area contributed by atoms with Crippen LogP contribution in [0.2, 0.25) is 0 Å². The van der Waals surface area contributed by atoms with Crippen LogP contribution in [-0.2, 0) is 4.74 Å². The average Bonchev–Trinajstić information content (AvgIpc) is 3.50. The summed E-state index contributed by atoms with van der Waals surface area (Å²) in [5, 5.41) is 8.13. The number of fused-ring (bicyclic) bond motifs is 2. The number of primary amides is 1. The maximum Gasteiger partial charge on any atom is 0.248 e. The molecule has 0 saturated carbocycles. The smallest absolute Gasteiger partial charge is 0.248 e. The van der Waals surface area contributed by atoms with E-state index in [2.05, 4.69) is 42.3 Å². The van der Waals surface area contributed by atoms with Crippen molar-refractivity contribution >= 4 is 27.6 Å². The highest BCUT2D eigenvalue weighted by Crippen LogP contribution is 2.35. The van der Waals surface area contributed by atoms with Crippen LogP contribution in [-0.4, -0.2) is 53.4 Å². The van der Waals surface area contributed by atoms with E-state index < -0.39 is 5.91 Å². The Labute approximate surface area is 210 Å². The minimum Gasteiger partial charge on any atom is -0.492 e. The molecule has 1 aromatic heterocycles. The van der Waals surface area contributed by atoms with Crippen LogP contribution in [0.3, 0.4) is 0 Å². The molecule has 7 heteroatoms. The van der Waals surface area contributed by atoms with Gasteiger partial charge >= 0.3 is 0 Å². The van der Waals surface area contributed by atoms with E-state index in [9.17, 15) is 4.79 Å². The summed E-state index contributed by atoms with van der Waals surface area (Å²) in [6.07, 6.45) is 5.43. The second kappa shape index (κ2) is 9.56. The molecule has 7 nitrogen and oxygen atoms in total. The number of carbonyl (C=O) groups excluding carboxylic acids is 1. The van der Waals surface area contributed by atoms with Crippen LogP contribution in [0.4, 0.5) is 0 Å². The first-order valence-corrected chi connectivity index (χ1v) is 12.9. The van der Waals surface area contributed by atoms with Gasteiger partial charge in [0.1, 0.15) is 18.1 Å². The number of likely N-dealkylation sites (N-methyl/N-ethyl adjacent to an activating group) is 1. The predicted molar refractivity (Wildman–Crippen MR) is 141 cm³/mol. The summed E-state index contributed by atoms with van der Waals surface area (Å²) >= 11 is 0. The summed E-state index contributed by atoms with van der Waals surface area (Å²) < 4.78 is 14.1. The molecule has 2 atom stereocenters. The van der Waals surface area contributed by atoms with E-state index >= 15 is 0 Å². The maximum absolute atomic E-state index is 11.9. The zero-order valence-corrected chi connectivity index (χ0v) is 20.7. The number of aromatic nitrogens is 2. The summed E-state index contributed by atoms with van der Waals surface area (Å²) in [7, 11) is 2.17. The molecule has 0 spiro atoms. The molecule has 2 N–H and O–H groups in total. The van der Waals surface area contributed by atoms with Crippen molar-refractivity contribution in [1.29, 1.82) is 0 Å². The lowest BCUT2D eigenvalue weighted by Gasteiger charge is -2.23. The minimum atomic E-state index is -0.445. The lowest BCUT2D eigenvalue weighted by atomic mass is 10.0. The zero-order chi connectivity index (χ0) is 24.6. The fraction of sp³-hybridized carbons (Fsp3) is 0.379. The van der Waals surface area contributed by atoms with Crippen LogP contribution in [0.1, 0.15) is 48.7 Å². The molecule has 4 aromatic rings. The van der Waals surface area contributed by atoms with E-state index in [-0.39, 0.29) is 6.23 Å². The number of ether oxygens (including phenoxy) is 2. The van der Waals surface area contributed by atoms with Crippen molar-refractivity contribution in [3.63, 3.8) is 0 Å². The van der Waals surface area contributed by atoms with Crippen molar-refractivity contribution in [2.75, 3.05) is 26.8 Å². The molecule has 186 valence electrons. The Bertz CT molecular complexity index is 1420. The molecule has 3 aromatic carbocycles. The van der Waals surface area contributed by atoms with Crippen molar-refractivity contribution in [3.05, 3.63) is 60.2 Å². The third-order valence-electron chi connectivity index (χ3n) is 7.62. The Balaban J connectivity index is 1.35. The highest BCUT2D eigenvalue weighted by Gasteiger charge is 2.23. The van der Waals surface area contributed by atoms with Gasteiger partial charge in [0.2, 0.25) is 5.91 Å². The molecule has 2 fully saturated rings. The fourth-order valence-corrected chi connectivity index (χ4v) is 5.49. The number of benzene rings is 3. The quantitative estimate of drug-likeness (QED) is 0.410. The maximum atomic E-state index is 11.9. The van der Waals surface area contributed by atoms with E-state index in [1.165, 1.54) is 12.8 Å². The Kier molecular flexibility index (Phi) is 6.11. The second-order valence-electron chi connectivity index (χ2n) is 10.0. The largest absolute Gasteiger partial charge is 0.492 e. The van der Waals surface area contributed by atoms with Gasteiger partial charge in [-0.2, -0.15) is 5.10 Å². The molecule has 6 rings (SSSR count). The van der Waals surface area contributed by atoms with Gasteiger partial charge in [-0.15, -0.1) is 0 Å². The predicted octanol–water partition coefficient (Wildman–Crippen LogP) is 5.13. The van der Waals surface area contributed by atoms with Crippen LogP contribution in [0, 0.1) is 0 Å². The van der Waals surface area contributed by atoms with E-state index in [0.29, 0.717) is 11.6 Å². The first-order chi connectivity index (χ1) is 17.6. The van der Waals surface area contributed by atoms with E-state index in [1.54, 1.807) is 6.07 Å². The van der Waals surface area contributed by atoms with Crippen LogP contribution < -0.4 is 10.5 Å². The highest BCUT2D eigenvalue weighted by molar-refractivity contribution is 6.02. The van der Waals surface area contributed by atoms with Gasteiger partial charge < -0.3 is 20.1 Å². The standard InChI is InChI=1S/C29H32N4O3/c1-32-13-4-5-23(32)18-36-24-11-9-19-15-21(8-7-20(19)16-24)28-25-17-22(29(30)34)10-12-26(25)33(31-28)27-6-2-3-14-35-27/h7-12,15-17,23,27H,2-6,13-14,18H2,1H3,(H2,30,34)/t23?,27-/m0/s1. The summed E-state index contributed by atoms with van der Waals surface area (Å²) in [6, 6.07) is 18.6. The van der Waals surface area contributed by atoms with E-state index in [4.69, 9.17) is 20.3 Å². The molecule has 36 heavy (non-hydrogen) atoms. The molecule has 0 aliphatic carbocycles. The summed E-state index contributed by atoms with van der Waals surface area (Å²) in [4.78, 5) is 14.3. The normalized spacial score (nSPS) is 20.8. The van der Waals surface area contributed by atoms with Gasteiger partial charge in [0, 0.05) is 29.2 Å². The first-order valence-electron chi connectivity index (χ1n) is 12.9. The van der Waals surface area contributed by atoms with Crippen molar-refractivity contribution in [1.82, 2.24) is 14.7 Å². The van der Waals surface area contributed by atoms with Crippen LogP contribution in [0.25, 0.3) is 32.9 Å². The molecular formula is C29H32N4O3. The number of hydrogen-bond donors (Lipinski definition) is 1. The van der Waals surface area contributed by atoms with Gasteiger partial charge in [0.25, 0.3) is 0 Å². The third kappa shape index (κ3) is 4.33. The summed E-state index contributed by atoms with van der Waals surface area (Å²) in [6.45, 7) is 2.60. The molecule has 3 heterocycles. The van der Waals surface area contributed by atoms with Crippen molar-refractivity contribution < 1.29 is 14.3 Å². The monoisotopic (exact) mass is 484 g/mol. The highest BCUT2D eigenvalue weighted by atomic mass is 16.5. The molecule has 2 saturated heterocycles. The average molecular weight is 485 g/mol. The number of likely N-dealkylation sites (tertiary alicyclic amines) is 1. The van der Waals surface area contributed by atoms with Gasteiger partial charge in [-0.25, -0.2) is 4.68 Å². The minimum absolute atomic E-state index is 0.103. The number of amides is 1. The van der Waals surface area contributed by atoms with E-state index in [1.807, 2.05) is 22.9 Å². The molecule has 0 bridgehead atoms. The van der Waals surface area contributed by atoms with Gasteiger partial charge in [-0.05, 0) is 92.9 Å². The molecule has 2 aliphatic rings. The third-order valence-corrected chi connectivity index (χ3v) is 7.62. The Morgan fingerprint density at radius 3 is 2.69 bits per heavy atom. The van der Waals surface area contributed by atoms with Gasteiger partial charge in [-0.3, -0.25) is 4.79 Å². The van der Waals surface area contributed by atoms with Crippen LogP contribution >= 0.6 is 0 Å². The van der Waals surface area contributed by atoms with Crippen molar-refractivity contribution in [2.45, 2.75) is 44.4 Å². The number of carbonyl (C=O) groups is 1. The van der Waals surface area contributed by atoms with Crippen molar-refractivity contribution in [2.24, 2.45) is 5.73 Å². The lowest BCUT2D eigenvalue weighted by molar-refractivity contribution is -0.0365. The number of nitrogens with zero attached hydrogens (tertiary/aromatic N) is 3. The van der Waals surface area contributed by atoms with Crippen LogP contribution in [0.5, 0.6) is 5.75 Å². The van der Waals surface area contributed by atoms with E-state index in [0.717, 1.165) is 77.7 Å². The fourth-order valence-electron chi connectivity index (χ4n) is 5.49. The molecule has 1 unspecified atom stereocenters. The number of rotatable bonds is 6. The Morgan fingerprint density at radius 2 is 1.92 bits per heavy atom. The first kappa shape index (κ1) is 23.0. The van der Waals surface area contributed by atoms with Gasteiger partial charge in [0.05, 0.1) is 5.52 Å². The molecule has 1 amide bonds. The number of nitrogens with two attached hydrogens (primary N) is 1. The molecule has 0 radical (unpaired) electrons.